The van der Waals surface area contributed by atoms with Crippen LogP contribution < -0.4 is 11.5 Å². The van der Waals surface area contributed by atoms with Gasteiger partial charge in [-0.1, -0.05) is 55.5 Å². The van der Waals surface area contributed by atoms with E-state index in [4.69, 9.17) is 11.5 Å². The first-order chi connectivity index (χ1) is 14.3. The highest BCUT2D eigenvalue weighted by atomic mass is 32.2. The molecule has 9 heteroatoms. The van der Waals surface area contributed by atoms with E-state index in [-0.39, 0.29) is 17.0 Å². The van der Waals surface area contributed by atoms with Crippen molar-refractivity contribution in [2.45, 2.75) is 30.2 Å². The second-order valence-corrected chi connectivity index (χ2v) is 9.32. The number of thiazole rings is 1. The van der Waals surface area contributed by atoms with Gasteiger partial charge in [0.1, 0.15) is 0 Å². The first-order valence-electron chi connectivity index (χ1n) is 9.14. The van der Waals surface area contributed by atoms with Crippen molar-refractivity contribution >= 4 is 46.1 Å². The molecular weight excluding hydrogens is 418 g/mol. The molecule has 2 rings (SSSR count). The average Bonchev–Trinajstić information content (AvgIpc) is 3.08. The molecule has 0 unspecified atom stereocenters. The van der Waals surface area contributed by atoms with Crippen LogP contribution in [0.5, 0.6) is 0 Å². The second-order valence-electron chi connectivity index (χ2n) is 6.50. The smallest absolute Gasteiger partial charge is 0.355 e. The first kappa shape index (κ1) is 23.4. The highest BCUT2D eigenvalue weighted by molar-refractivity contribution is 8.01. The minimum Gasteiger partial charge on any atom is -0.476 e. The summed E-state index contributed by atoms with van der Waals surface area (Å²) in [7, 11) is 1.56. The fraction of sp³-hybridized carbons (Fsp3) is 0.238. The first-order valence-corrected chi connectivity index (χ1v) is 10.8. The molecule has 0 aliphatic carbocycles. The van der Waals surface area contributed by atoms with Crippen molar-refractivity contribution in [3.8, 4) is 11.3 Å². The molecule has 0 fully saturated rings. The third kappa shape index (κ3) is 5.80. The molecular formula is C21H25N5O2S2. The predicted molar refractivity (Wildman–Crippen MR) is 127 cm³/mol. The summed E-state index contributed by atoms with van der Waals surface area (Å²) >= 11 is 3.00. The number of hydrogen-bond donors (Lipinski definition) is 3. The topological polar surface area (TPSA) is 127 Å². The van der Waals surface area contributed by atoms with Gasteiger partial charge in [0.2, 0.25) is 5.13 Å². The lowest BCUT2D eigenvalue weighted by Gasteiger charge is -2.10. The Morgan fingerprint density at radius 1 is 1.30 bits per heavy atom. The molecule has 5 N–H and O–H groups in total. The predicted octanol–water partition coefficient (Wildman–Crippen LogP) is 4.24. The zero-order valence-electron chi connectivity index (χ0n) is 17.3. The molecule has 0 bridgehead atoms. The Balaban J connectivity index is 2.66. The average molecular weight is 444 g/mol. The summed E-state index contributed by atoms with van der Waals surface area (Å²) in [6, 6.07) is 9.74. The van der Waals surface area contributed by atoms with Crippen molar-refractivity contribution in [3.63, 3.8) is 0 Å². The van der Waals surface area contributed by atoms with Gasteiger partial charge in [-0.2, -0.15) is 0 Å². The number of rotatable bonds is 8. The Hall–Kier alpha value is -2.91. The van der Waals surface area contributed by atoms with Gasteiger partial charge in [0, 0.05) is 47.1 Å². The van der Waals surface area contributed by atoms with Crippen molar-refractivity contribution in [2.75, 3.05) is 7.05 Å². The summed E-state index contributed by atoms with van der Waals surface area (Å²) in [5, 5.41) is 10.5. The van der Waals surface area contributed by atoms with Crippen LogP contribution in [0.4, 0.5) is 5.13 Å². The number of benzene rings is 1. The van der Waals surface area contributed by atoms with E-state index in [2.05, 4.69) is 28.8 Å². The van der Waals surface area contributed by atoms with Crippen LogP contribution in [-0.4, -0.2) is 40.3 Å². The van der Waals surface area contributed by atoms with Crippen LogP contribution in [0, 0.1) is 0 Å². The van der Waals surface area contributed by atoms with Crippen molar-refractivity contribution < 1.29 is 9.90 Å². The summed E-state index contributed by atoms with van der Waals surface area (Å²) < 4.78 is 0.972. The van der Waals surface area contributed by atoms with E-state index in [1.165, 1.54) is 23.8 Å². The van der Waals surface area contributed by atoms with Gasteiger partial charge < -0.3 is 16.6 Å². The number of carbonyl (C=O) groups is 1. The number of nitrogens with zero attached hydrogens (tertiary/aromatic N) is 3. The standard InChI is InChI=1S/C21H25N5O2S2/c1-12(2)29-20-17(14-8-6-5-7-9-14)25-21(30-20)26-18(19(27)28)16(13(3)23)15(10-22)11-24-4/h5-12H,22-23H2,1-4H3,(H,27,28). The fourth-order valence-electron chi connectivity index (χ4n) is 2.60. The van der Waals surface area contributed by atoms with Crippen LogP contribution >= 0.6 is 23.1 Å². The third-order valence-corrected chi connectivity index (χ3v) is 5.91. The molecule has 0 spiro atoms. The summed E-state index contributed by atoms with van der Waals surface area (Å²) in [4.78, 5) is 25.0. The minimum atomic E-state index is -1.23. The number of carboxylic acid groups (broad SMARTS) is 1. The van der Waals surface area contributed by atoms with Gasteiger partial charge in [0.15, 0.2) is 5.71 Å². The maximum Gasteiger partial charge on any atom is 0.355 e. The van der Waals surface area contributed by atoms with E-state index in [1.807, 2.05) is 30.3 Å². The number of carboxylic acids is 1. The van der Waals surface area contributed by atoms with Crippen LogP contribution in [0.1, 0.15) is 20.8 Å². The normalized spacial score (nSPS) is 13.8. The molecule has 0 radical (unpaired) electrons. The highest BCUT2D eigenvalue weighted by Crippen LogP contribution is 2.41. The van der Waals surface area contributed by atoms with Gasteiger partial charge >= 0.3 is 5.97 Å². The number of allylic oxidation sites excluding steroid dienone is 2. The number of thioether (sulfide) groups is 1. The SMILES string of the molecule is CN=CC(=CN)C(C(=Nc1nc(-c2ccccc2)c(SC(C)C)s1)C(=O)O)=C(C)N. The van der Waals surface area contributed by atoms with Crippen LogP contribution in [0.15, 0.2) is 67.6 Å². The van der Waals surface area contributed by atoms with Crippen molar-refractivity contribution in [1.82, 2.24) is 4.98 Å². The number of aromatic nitrogens is 1. The summed E-state index contributed by atoms with van der Waals surface area (Å²) in [5.74, 6) is -1.23. The number of nitrogens with two attached hydrogens (primary N) is 2. The molecule has 0 saturated heterocycles. The van der Waals surface area contributed by atoms with E-state index >= 15 is 0 Å². The molecule has 2 aromatic rings. The van der Waals surface area contributed by atoms with Crippen molar-refractivity contribution in [1.29, 1.82) is 0 Å². The maximum absolute atomic E-state index is 12.1. The molecule has 0 aliphatic rings. The summed E-state index contributed by atoms with van der Waals surface area (Å²) in [5.41, 5.74) is 14.0. The molecule has 1 aromatic carbocycles. The Kier molecular flexibility index (Phi) is 8.37. The Bertz CT molecular complexity index is 1020. The maximum atomic E-state index is 12.1. The monoisotopic (exact) mass is 443 g/mol. The quantitative estimate of drug-likeness (QED) is 0.318. The van der Waals surface area contributed by atoms with E-state index in [0.717, 1.165) is 15.5 Å². The zero-order chi connectivity index (χ0) is 22.3. The second kappa shape index (κ2) is 10.7. The van der Waals surface area contributed by atoms with E-state index in [1.54, 1.807) is 25.7 Å². The number of aliphatic imine (C=N–C) groups is 2. The van der Waals surface area contributed by atoms with Gasteiger partial charge in [-0.15, -0.1) is 11.8 Å². The summed E-state index contributed by atoms with van der Waals surface area (Å²) in [6.45, 7) is 5.77. The van der Waals surface area contributed by atoms with E-state index in [0.29, 0.717) is 16.0 Å². The van der Waals surface area contributed by atoms with Crippen LogP contribution in [-0.2, 0) is 4.79 Å². The molecule has 0 atom stereocenters. The lowest BCUT2D eigenvalue weighted by molar-refractivity contribution is -0.129. The van der Waals surface area contributed by atoms with Crippen molar-refractivity contribution in [3.05, 3.63) is 53.4 Å². The largest absolute Gasteiger partial charge is 0.476 e. The van der Waals surface area contributed by atoms with Gasteiger partial charge in [0.25, 0.3) is 0 Å². The lowest BCUT2D eigenvalue weighted by Crippen LogP contribution is -2.21. The third-order valence-electron chi connectivity index (χ3n) is 3.75. The zero-order valence-corrected chi connectivity index (χ0v) is 18.9. The molecule has 158 valence electrons. The van der Waals surface area contributed by atoms with Crippen LogP contribution in [0.2, 0.25) is 0 Å². The molecule has 7 nitrogen and oxygen atoms in total. The van der Waals surface area contributed by atoms with Crippen molar-refractivity contribution in [2.24, 2.45) is 21.5 Å². The Morgan fingerprint density at radius 2 is 1.97 bits per heavy atom. The summed E-state index contributed by atoms with van der Waals surface area (Å²) in [6.07, 6.45) is 2.70. The van der Waals surface area contributed by atoms with Crippen LogP contribution in [0.3, 0.4) is 0 Å². The lowest BCUT2D eigenvalue weighted by atomic mass is 10.0. The van der Waals surface area contributed by atoms with Gasteiger partial charge in [-0.05, 0) is 6.92 Å². The van der Waals surface area contributed by atoms with E-state index in [9.17, 15) is 9.90 Å². The minimum absolute atomic E-state index is 0.213. The Morgan fingerprint density at radius 3 is 2.47 bits per heavy atom. The molecule has 0 saturated carbocycles. The van der Waals surface area contributed by atoms with Crippen LogP contribution in [0.25, 0.3) is 11.3 Å². The highest BCUT2D eigenvalue weighted by Gasteiger charge is 2.23. The van der Waals surface area contributed by atoms with Gasteiger partial charge in [-0.25, -0.2) is 14.8 Å². The molecule has 1 heterocycles. The Labute approximate surface area is 184 Å². The number of hydrogen-bond acceptors (Lipinski definition) is 8. The van der Waals surface area contributed by atoms with Gasteiger partial charge in [0.05, 0.1) is 9.90 Å². The van der Waals surface area contributed by atoms with E-state index < -0.39 is 5.97 Å². The number of aliphatic carboxylic acids is 1. The van der Waals surface area contributed by atoms with Gasteiger partial charge in [-0.3, -0.25) is 4.99 Å². The molecule has 30 heavy (non-hydrogen) atoms. The fourth-order valence-corrected chi connectivity index (χ4v) is 5.00. The molecule has 1 aromatic heterocycles. The molecule has 0 aliphatic heterocycles. The molecule has 0 amide bonds.